The molecule has 0 aliphatic rings. The maximum atomic E-state index is 12.8. The number of hydrogen-bond acceptors (Lipinski definition) is 6. The Morgan fingerprint density at radius 3 is 2.48 bits per heavy atom. The van der Waals surface area contributed by atoms with Gasteiger partial charge in [0.1, 0.15) is 6.33 Å². The monoisotopic (exact) mass is 409 g/mol. The van der Waals surface area contributed by atoms with Crippen LogP contribution in [0.15, 0.2) is 65.8 Å². The fourth-order valence-electron chi connectivity index (χ4n) is 3.07. The molecule has 0 saturated carbocycles. The van der Waals surface area contributed by atoms with E-state index in [2.05, 4.69) is 25.3 Å². The van der Waals surface area contributed by atoms with Crippen molar-refractivity contribution in [2.45, 2.75) is 25.3 Å². The van der Waals surface area contributed by atoms with E-state index < -0.39 is 10.0 Å². The number of aryl methyl sites for hydroxylation is 1. The number of nitrogens with one attached hydrogen (secondary N) is 1. The molecule has 29 heavy (non-hydrogen) atoms. The smallest absolute Gasteiger partial charge is 0.238 e. The molecule has 2 aromatic heterocycles. The highest BCUT2D eigenvalue weighted by Crippen LogP contribution is 2.19. The Morgan fingerprint density at radius 1 is 1.00 bits per heavy atom. The zero-order valence-electron chi connectivity index (χ0n) is 15.9. The first-order valence-electron chi connectivity index (χ1n) is 8.89. The quantitative estimate of drug-likeness (QED) is 0.521. The van der Waals surface area contributed by atoms with Gasteiger partial charge in [-0.1, -0.05) is 24.3 Å². The van der Waals surface area contributed by atoms with Gasteiger partial charge in [0, 0.05) is 17.8 Å². The molecule has 0 atom stereocenters. The van der Waals surface area contributed by atoms with Crippen molar-refractivity contribution in [3.05, 3.63) is 77.9 Å². The molecular weight excluding hydrogens is 390 g/mol. The van der Waals surface area contributed by atoms with Gasteiger partial charge in [0.25, 0.3) is 0 Å². The van der Waals surface area contributed by atoms with Gasteiger partial charge in [-0.3, -0.25) is 0 Å². The summed E-state index contributed by atoms with van der Waals surface area (Å²) in [6.07, 6.45) is 1.41. The molecule has 0 unspecified atom stereocenters. The first kappa shape index (κ1) is 19.0. The van der Waals surface area contributed by atoms with Gasteiger partial charge in [0.2, 0.25) is 10.0 Å². The molecule has 0 aliphatic carbocycles. The van der Waals surface area contributed by atoms with Gasteiger partial charge in [0.15, 0.2) is 0 Å². The molecule has 0 spiro atoms. The van der Waals surface area contributed by atoms with Crippen LogP contribution in [0.1, 0.15) is 17.0 Å². The van der Waals surface area contributed by atoms with Gasteiger partial charge < -0.3 is 0 Å². The Kier molecular flexibility index (Phi) is 4.95. The summed E-state index contributed by atoms with van der Waals surface area (Å²) in [6, 6.07) is 16.2. The van der Waals surface area contributed by atoms with Crippen molar-refractivity contribution in [3.8, 4) is 11.4 Å². The van der Waals surface area contributed by atoms with E-state index in [1.807, 2.05) is 48.9 Å². The summed E-state index contributed by atoms with van der Waals surface area (Å²) in [5.74, 6) is 0. The Labute approximate surface area is 168 Å². The van der Waals surface area contributed by atoms with Crippen molar-refractivity contribution in [1.82, 2.24) is 34.7 Å². The zero-order chi connectivity index (χ0) is 20.4. The molecule has 0 saturated heterocycles. The largest absolute Gasteiger partial charge is 0.240 e. The van der Waals surface area contributed by atoms with E-state index in [1.165, 1.54) is 23.1 Å². The number of rotatable bonds is 6. The first-order valence-corrected chi connectivity index (χ1v) is 10.4. The first-order chi connectivity index (χ1) is 14.0. The summed E-state index contributed by atoms with van der Waals surface area (Å²) in [4.78, 5) is 0.135. The van der Waals surface area contributed by atoms with Gasteiger partial charge in [-0.25, -0.2) is 22.5 Å². The maximum Gasteiger partial charge on any atom is 0.240 e. The van der Waals surface area contributed by atoms with Crippen LogP contribution < -0.4 is 4.72 Å². The number of sulfonamides is 1. The van der Waals surface area contributed by atoms with Gasteiger partial charge >= 0.3 is 0 Å². The van der Waals surface area contributed by atoms with Crippen LogP contribution in [0.4, 0.5) is 0 Å². The lowest BCUT2D eigenvalue weighted by Gasteiger charge is -2.09. The third-order valence-corrected chi connectivity index (χ3v) is 6.02. The second-order valence-electron chi connectivity index (χ2n) is 6.47. The van der Waals surface area contributed by atoms with E-state index in [4.69, 9.17) is 0 Å². The molecule has 4 aromatic rings. The highest BCUT2D eigenvalue weighted by molar-refractivity contribution is 7.89. The van der Waals surface area contributed by atoms with Crippen LogP contribution in [0, 0.1) is 13.8 Å². The Balaban J connectivity index is 1.58. The van der Waals surface area contributed by atoms with Crippen molar-refractivity contribution in [1.29, 1.82) is 0 Å². The fraction of sp³-hybridized carbons (Fsp3) is 0.158. The average Bonchev–Trinajstić information content (AvgIpc) is 3.36. The second kappa shape index (κ2) is 7.57. The van der Waals surface area contributed by atoms with Crippen molar-refractivity contribution in [2.75, 3.05) is 0 Å². The topological polar surface area (TPSA) is 108 Å². The van der Waals surface area contributed by atoms with Crippen molar-refractivity contribution < 1.29 is 8.42 Å². The van der Waals surface area contributed by atoms with E-state index in [0.717, 1.165) is 22.6 Å². The molecule has 0 amide bonds. The standard InChI is InChI=1S/C19H19N7O2S/c1-14-19(15(2)26(22-14)16-7-4-3-5-8-16)12-21-29(27,28)18-10-6-9-17(11-18)25-13-20-23-24-25/h3-11,13,21H,12H2,1-2H3. The number of benzene rings is 2. The van der Waals surface area contributed by atoms with Crippen LogP contribution in [-0.4, -0.2) is 38.4 Å². The van der Waals surface area contributed by atoms with Crippen LogP contribution in [0.2, 0.25) is 0 Å². The minimum Gasteiger partial charge on any atom is -0.238 e. The molecule has 0 radical (unpaired) electrons. The van der Waals surface area contributed by atoms with Crippen molar-refractivity contribution in [3.63, 3.8) is 0 Å². The molecule has 148 valence electrons. The molecule has 0 aliphatic heterocycles. The van der Waals surface area contributed by atoms with Gasteiger partial charge in [-0.05, 0) is 54.6 Å². The summed E-state index contributed by atoms with van der Waals surface area (Å²) in [7, 11) is -3.73. The number of para-hydroxylation sites is 1. The summed E-state index contributed by atoms with van der Waals surface area (Å²) >= 11 is 0. The molecule has 2 heterocycles. The molecule has 9 nitrogen and oxygen atoms in total. The number of nitrogens with zero attached hydrogens (tertiary/aromatic N) is 6. The highest BCUT2D eigenvalue weighted by Gasteiger charge is 2.18. The highest BCUT2D eigenvalue weighted by atomic mass is 32.2. The molecular formula is C19H19N7O2S. The minimum absolute atomic E-state index is 0.135. The predicted octanol–water partition coefficient (Wildman–Crippen LogP) is 1.94. The van der Waals surface area contributed by atoms with E-state index in [9.17, 15) is 8.42 Å². The molecule has 1 N–H and O–H groups in total. The number of tetrazole rings is 1. The summed E-state index contributed by atoms with van der Waals surface area (Å²) < 4.78 is 31.5. The van der Waals surface area contributed by atoms with Crippen LogP contribution in [0.5, 0.6) is 0 Å². The fourth-order valence-corrected chi connectivity index (χ4v) is 4.11. The lowest BCUT2D eigenvalue weighted by molar-refractivity contribution is 0.581. The second-order valence-corrected chi connectivity index (χ2v) is 8.24. The third-order valence-electron chi connectivity index (χ3n) is 4.62. The lowest BCUT2D eigenvalue weighted by Crippen LogP contribution is -2.24. The third kappa shape index (κ3) is 3.80. The Hall–Kier alpha value is -3.37. The van der Waals surface area contributed by atoms with Crippen molar-refractivity contribution >= 4 is 10.0 Å². The van der Waals surface area contributed by atoms with Crippen LogP contribution >= 0.6 is 0 Å². The van der Waals surface area contributed by atoms with Gasteiger partial charge in [-0.2, -0.15) is 5.10 Å². The Bertz CT molecular complexity index is 1230. The molecule has 0 bridgehead atoms. The average molecular weight is 409 g/mol. The van der Waals surface area contributed by atoms with E-state index >= 15 is 0 Å². The molecule has 0 fully saturated rings. The maximum absolute atomic E-state index is 12.8. The van der Waals surface area contributed by atoms with E-state index in [0.29, 0.717) is 5.69 Å². The van der Waals surface area contributed by atoms with Gasteiger partial charge in [0.05, 0.1) is 22.0 Å². The molecule has 10 heteroatoms. The van der Waals surface area contributed by atoms with Gasteiger partial charge in [-0.15, -0.1) is 5.10 Å². The SMILES string of the molecule is Cc1nn(-c2ccccc2)c(C)c1CNS(=O)(=O)c1cccc(-n2cnnn2)c1. The zero-order valence-corrected chi connectivity index (χ0v) is 16.7. The molecule has 4 rings (SSSR count). The van der Waals surface area contributed by atoms with Crippen LogP contribution in [0.3, 0.4) is 0 Å². The van der Waals surface area contributed by atoms with Crippen LogP contribution in [-0.2, 0) is 16.6 Å². The summed E-state index contributed by atoms with van der Waals surface area (Å²) in [6.45, 7) is 3.94. The van der Waals surface area contributed by atoms with E-state index in [1.54, 1.807) is 12.1 Å². The molecule has 2 aromatic carbocycles. The summed E-state index contributed by atoms with van der Waals surface area (Å²) in [5.41, 5.74) is 3.99. The normalized spacial score (nSPS) is 11.7. The lowest BCUT2D eigenvalue weighted by atomic mass is 10.2. The number of aromatic nitrogens is 6. The Morgan fingerprint density at radius 2 is 1.76 bits per heavy atom. The summed E-state index contributed by atoms with van der Waals surface area (Å²) in [5, 5.41) is 15.5. The minimum atomic E-state index is -3.73. The van der Waals surface area contributed by atoms with Crippen molar-refractivity contribution in [2.24, 2.45) is 0 Å². The number of hydrogen-bond donors (Lipinski definition) is 1. The predicted molar refractivity (Wildman–Crippen MR) is 106 cm³/mol. The van der Waals surface area contributed by atoms with Crippen LogP contribution in [0.25, 0.3) is 11.4 Å². The van der Waals surface area contributed by atoms with E-state index in [-0.39, 0.29) is 11.4 Å².